The first kappa shape index (κ1) is 6.95. The SMILES string of the molecule is [2H]C(O)C[C@H](O)[C@H](O)CO. The minimum atomic E-state index is -1.41. The van der Waals surface area contributed by atoms with E-state index in [2.05, 4.69) is 0 Å². The number of hydrogen-bond acceptors (Lipinski definition) is 4. The lowest BCUT2D eigenvalue weighted by molar-refractivity contribution is -0.0238. The van der Waals surface area contributed by atoms with Crippen LogP contribution >= 0.6 is 0 Å². The second-order valence-electron chi connectivity index (χ2n) is 1.74. The molecule has 0 aromatic rings. The summed E-state index contributed by atoms with van der Waals surface area (Å²) in [5, 5.41) is 34.1. The van der Waals surface area contributed by atoms with Gasteiger partial charge < -0.3 is 20.4 Å². The third-order valence-corrected chi connectivity index (χ3v) is 0.978. The highest BCUT2D eigenvalue weighted by Crippen LogP contribution is 1.95. The molecular formula is C5H12O4. The van der Waals surface area contributed by atoms with E-state index >= 15 is 0 Å². The Morgan fingerprint density at radius 2 is 1.78 bits per heavy atom. The van der Waals surface area contributed by atoms with Crippen molar-refractivity contribution < 1.29 is 21.8 Å². The number of aliphatic hydroxyl groups is 4. The van der Waals surface area contributed by atoms with Gasteiger partial charge in [-0.25, -0.2) is 0 Å². The van der Waals surface area contributed by atoms with Gasteiger partial charge in [-0.2, -0.15) is 0 Å². The van der Waals surface area contributed by atoms with Crippen LogP contribution in [0.15, 0.2) is 0 Å². The van der Waals surface area contributed by atoms with Gasteiger partial charge in [-0.3, -0.25) is 0 Å². The summed E-state index contributed by atoms with van der Waals surface area (Å²) in [4.78, 5) is 0. The average Bonchev–Trinajstić information content (AvgIpc) is 1.85. The molecule has 3 atom stereocenters. The zero-order valence-electron chi connectivity index (χ0n) is 5.94. The molecule has 0 aliphatic carbocycles. The summed E-state index contributed by atoms with van der Waals surface area (Å²) in [6, 6.07) is 0. The molecule has 0 bridgehead atoms. The van der Waals surface area contributed by atoms with Gasteiger partial charge in [-0.15, -0.1) is 0 Å². The van der Waals surface area contributed by atoms with E-state index in [0.29, 0.717) is 0 Å². The van der Waals surface area contributed by atoms with Crippen LogP contribution in [-0.2, 0) is 0 Å². The largest absolute Gasteiger partial charge is 0.396 e. The van der Waals surface area contributed by atoms with Gasteiger partial charge in [-0.05, 0) is 6.42 Å². The van der Waals surface area contributed by atoms with Gasteiger partial charge in [-0.1, -0.05) is 0 Å². The fourth-order valence-electron chi connectivity index (χ4n) is 0.387. The summed E-state index contributed by atoms with van der Waals surface area (Å²) >= 11 is 0. The fourth-order valence-corrected chi connectivity index (χ4v) is 0.387. The van der Waals surface area contributed by atoms with Crippen LogP contribution < -0.4 is 0 Å². The van der Waals surface area contributed by atoms with Crippen molar-refractivity contribution in [2.24, 2.45) is 0 Å². The van der Waals surface area contributed by atoms with Crippen molar-refractivity contribution in [2.75, 3.05) is 13.2 Å². The lowest BCUT2D eigenvalue weighted by Gasteiger charge is -2.12. The molecule has 0 rings (SSSR count). The molecule has 0 fully saturated rings. The molecule has 0 saturated heterocycles. The molecule has 0 aromatic heterocycles. The molecule has 0 amide bonds. The van der Waals surface area contributed by atoms with Crippen molar-refractivity contribution in [3.05, 3.63) is 0 Å². The van der Waals surface area contributed by atoms with Crippen LogP contribution in [0.25, 0.3) is 0 Å². The van der Waals surface area contributed by atoms with Crippen LogP contribution in [-0.4, -0.2) is 45.8 Å². The van der Waals surface area contributed by atoms with Gasteiger partial charge in [0.2, 0.25) is 0 Å². The Hall–Kier alpha value is -0.160. The minimum Gasteiger partial charge on any atom is -0.396 e. The maximum atomic E-state index is 8.80. The minimum absolute atomic E-state index is 0.248. The van der Waals surface area contributed by atoms with E-state index < -0.39 is 25.4 Å². The lowest BCUT2D eigenvalue weighted by Crippen LogP contribution is -2.29. The molecule has 9 heavy (non-hydrogen) atoms. The summed E-state index contributed by atoms with van der Waals surface area (Å²) in [6.07, 6.45) is -2.74. The number of hydrogen-bond donors (Lipinski definition) is 4. The van der Waals surface area contributed by atoms with E-state index in [4.69, 9.17) is 21.8 Å². The highest BCUT2D eigenvalue weighted by Gasteiger charge is 2.13. The van der Waals surface area contributed by atoms with Gasteiger partial charge in [0.1, 0.15) is 6.10 Å². The van der Waals surface area contributed by atoms with Crippen molar-refractivity contribution in [3.63, 3.8) is 0 Å². The zero-order valence-corrected chi connectivity index (χ0v) is 4.94. The molecule has 4 N–H and O–H groups in total. The highest BCUT2D eigenvalue weighted by atomic mass is 16.4. The number of rotatable bonds is 4. The topological polar surface area (TPSA) is 80.9 Å². The van der Waals surface area contributed by atoms with Gasteiger partial charge >= 0.3 is 0 Å². The molecule has 56 valence electrons. The first-order valence-electron chi connectivity index (χ1n) is 3.23. The smallest absolute Gasteiger partial charge is 0.103 e. The van der Waals surface area contributed by atoms with Gasteiger partial charge in [0.05, 0.1) is 14.1 Å². The molecule has 0 radical (unpaired) electrons. The molecule has 4 heteroatoms. The maximum Gasteiger partial charge on any atom is 0.103 e. The van der Waals surface area contributed by atoms with E-state index in [9.17, 15) is 0 Å². The van der Waals surface area contributed by atoms with Crippen molar-refractivity contribution in [3.8, 4) is 0 Å². The third kappa shape index (κ3) is 3.42. The Kier molecular flexibility index (Phi) is 3.63. The van der Waals surface area contributed by atoms with Crippen molar-refractivity contribution in [2.45, 2.75) is 18.6 Å². The first-order valence-corrected chi connectivity index (χ1v) is 2.65. The Labute approximate surface area is 54.8 Å². The average molecular weight is 137 g/mol. The second kappa shape index (κ2) is 4.69. The van der Waals surface area contributed by atoms with E-state index in [1.54, 1.807) is 0 Å². The fraction of sp³-hybridized carbons (Fsp3) is 1.00. The predicted octanol–water partition coefficient (Wildman–Crippen LogP) is -1.92. The zero-order chi connectivity index (χ0) is 8.15. The quantitative estimate of drug-likeness (QED) is 0.364. The Morgan fingerprint density at radius 1 is 1.22 bits per heavy atom. The third-order valence-electron chi connectivity index (χ3n) is 0.978. The van der Waals surface area contributed by atoms with E-state index in [0.717, 1.165) is 0 Å². The summed E-state index contributed by atoms with van der Waals surface area (Å²) in [7, 11) is 0. The molecule has 0 aliphatic rings. The van der Waals surface area contributed by atoms with E-state index in [1.807, 2.05) is 0 Å². The van der Waals surface area contributed by atoms with E-state index in [1.165, 1.54) is 0 Å². The highest BCUT2D eigenvalue weighted by molar-refractivity contribution is 4.64. The summed E-state index contributed by atoms with van der Waals surface area (Å²) in [5.74, 6) is 0. The summed E-state index contributed by atoms with van der Waals surface area (Å²) in [5.41, 5.74) is 0. The van der Waals surface area contributed by atoms with Gasteiger partial charge in [0.15, 0.2) is 0 Å². The molecule has 1 unspecified atom stereocenters. The van der Waals surface area contributed by atoms with Crippen LogP contribution in [0.5, 0.6) is 0 Å². The Balaban J connectivity index is 3.50. The van der Waals surface area contributed by atoms with Crippen LogP contribution in [0.2, 0.25) is 0 Å². The number of aliphatic hydroxyl groups excluding tert-OH is 4. The second-order valence-corrected chi connectivity index (χ2v) is 1.74. The maximum absolute atomic E-state index is 8.80. The summed E-state index contributed by atoms with van der Waals surface area (Å²) < 4.78 is 6.58. The van der Waals surface area contributed by atoms with Gasteiger partial charge in [0, 0.05) is 6.58 Å². The molecule has 4 nitrogen and oxygen atoms in total. The van der Waals surface area contributed by atoms with Crippen molar-refractivity contribution in [1.82, 2.24) is 0 Å². The summed E-state index contributed by atoms with van der Waals surface area (Å²) in [6.45, 7) is -1.97. The molecule has 0 aliphatic heterocycles. The van der Waals surface area contributed by atoms with E-state index in [-0.39, 0.29) is 6.42 Å². The van der Waals surface area contributed by atoms with Crippen LogP contribution in [0.3, 0.4) is 0 Å². The molecule has 0 spiro atoms. The Bertz CT molecular complexity index is 87.7. The molecule has 0 heterocycles. The van der Waals surface area contributed by atoms with Crippen LogP contribution in [0.1, 0.15) is 7.79 Å². The molecule has 0 aromatic carbocycles. The standard InChI is InChI=1S/C5H12O4/c6-2-1-4(8)5(9)3-7/h4-9H,1-3H2/t4-,5+/m0/s1/i2D/t2?,4-,5+. The van der Waals surface area contributed by atoms with Crippen molar-refractivity contribution in [1.29, 1.82) is 0 Å². The first-order chi connectivity index (χ1) is 4.57. The van der Waals surface area contributed by atoms with Gasteiger partial charge in [0.25, 0.3) is 0 Å². The lowest BCUT2D eigenvalue weighted by atomic mass is 10.1. The van der Waals surface area contributed by atoms with Crippen LogP contribution in [0, 0.1) is 0 Å². The normalized spacial score (nSPS) is 22.4. The Morgan fingerprint density at radius 3 is 2.11 bits per heavy atom. The van der Waals surface area contributed by atoms with Crippen LogP contribution in [0.4, 0.5) is 0 Å². The predicted molar refractivity (Wildman–Crippen MR) is 30.8 cm³/mol. The van der Waals surface area contributed by atoms with Crippen molar-refractivity contribution >= 4 is 0 Å². The molecule has 0 saturated carbocycles. The molecular weight excluding hydrogens is 124 g/mol. The monoisotopic (exact) mass is 137 g/mol.